The number of alkyl halides is 1. The first-order valence-electron chi connectivity index (χ1n) is 8.59. The molecule has 0 unspecified atom stereocenters. The summed E-state index contributed by atoms with van der Waals surface area (Å²) in [7, 11) is 0. The largest absolute Gasteiger partial charge is 0.426 e. The fourth-order valence-electron chi connectivity index (χ4n) is 2.71. The number of ether oxygens (including phenoxy) is 2. The number of aryl methyl sites for hydroxylation is 2. The number of esters is 2. The van der Waals surface area contributed by atoms with Crippen LogP contribution in [0.15, 0.2) is 36.4 Å². The van der Waals surface area contributed by atoms with Crippen molar-refractivity contribution in [2.24, 2.45) is 0 Å². The van der Waals surface area contributed by atoms with Crippen LogP contribution in [0.2, 0.25) is 0 Å². The number of rotatable bonds is 7. The van der Waals surface area contributed by atoms with E-state index < -0.39 is 0 Å². The third-order valence-corrected chi connectivity index (χ3v) is 4.13. The van der Waals surface area contributed by atoms with E-state index in [0.717, 1.165) is 35.1 Å². The van der Waals surface area contributed by atoms with E-state index in [4.69, 9.17) is 21.1 Å². The summed E-state index contributed by atoms with van der Waals surface area (Å²) in [6.45, 7) is 4.80. The molecule has 0 radical (unpaired) electrons. The highest BCUT2D eigenvalue weighted by Crippen LogP contribution is 2.29. The van der Waals surface area contributed by atoms with E-state index in [0.29, 0.717) is 23.8 Å². The number of carbonyl (C=O) groups is 2. The van der Waals surface area contributed by atoms with Crippen molar-refractivity contribution in [2.45, 2.75) is 40.0 Å². The van der Waals surface area contributed by atoms with E-state index in [2.05, 4.69) is 0 Å². The predicted molar refractivity (Wildman–Crippen MR) is 102 cm³/mol. The molecule has 0 spiro atoms. The number of benzene rings is 2. The van der Waals surface area contributed by atoms with Crippen molar-refractivity contribution < 1.29 is 19.1 Å². The molecule has 0 heterocycles. The van der Waals surface area contributed by atoms with E-state index in [9.17, 15) is 9.59 Å². The average molecular weight is 375 g/mol. The zero-order valence-electron chi connectivity index (χ0n) is 15.3. The van der Waals surface area contributed by atoms with Crippen LogP contribution in [0.3, 0.4) is 0 Å². The first-order chi connectivity index (χ1) is 12.4. The van der Waals surface area contributed by atoms with Gasteiger partial charge in [0.2, 0.25) is 0 Å². The summed E-state index contributed by atoms with van der Waals surface area (Å²) >= 11 is 5.85. The van der Waals surface area contributed by atoms with Gasteiger partial charge in [0.1, 0.15) is 11.5 Å². The fraction of sp³-hybridized carbons (Fsp3) is 0.333. The van der Waals surface area contributed by atoms with Crippen molar-refractivity contribution in [1.82, 2.24) is 0 Å². The van der Waals surface area contributed by atoms with Gasteiger partial charge in [0.15, 0.2) is 0 Å². The monoisotopic (exact) mass is 374 g/mol. The van der Waals surface area contributed by atoms with Gasteiger partial charge >= 0.3 is 11.9 Å². The van der Waals surface area contributed by atoms with Crippen LogP contribution < -0.4 is 9.47 Å². The molecule has 0 saturated carbocycles. The van der Waals surface area contributed by atoms with Crippen molar-refractivity contribution >= 4 is 23.5 Å². The molecule has 2 aromatic rings. The molecule has 0 fully saturated rings. The average Bonchev–Trinajstić information content (AvgIpc) is 2.58. The molecule has 0 atom stereocenters. The molecular weight excluding hydrogens is 352 g/mol. The highest BCUT2D eigenvalue weighted by molar-refractivity contribution is 6.17. The Bertz CT molecular complexity index is 799. The Labute approximate surface area is 159 Å². The minimum absolute atomic E-state index is 0.365. The van der Waals surface area contributed by atoms with Gasteiger partial charge in [0.05, 0.1) is 0 Å². The van der Waals surface area contributed by atoms with Gasteiger partial charge < -0.3 is 9.47 Å². The second kappa shape index (κ2) is 9.39. The lowest BCUT2D eigenvalue weighted by molar-refractivity contribution is -0.132. The zero-order chi connectivity index (χ0) is 19.1. The van der Waals surface area contributed by atoms with Crippen LogP contribution in [0.1, 0.15) is 43.0 Å². The number of halogens is 1. The Kier molecular flexibility index (Phi) is 7.22. The smallest absolute Gasteiger partial charge is 0.308 e. The maximum Gasteiger partial charge on any atom is 0.308 e. The fourth-order valence-corrected chi connectivity index (χ4v) is 2.93. The Morgan fingerprint density at radius 1 is 0.885 bits per heavy atom. The topological polar surface area (TPSA) is 52.6 Å². The quantitative estimate of drug-likeness (QED) is 0.407. The normalized spacial score (nSPS) is 10.5. The van der Waals surface area contributed by atoms with Crippen molar-refractivity contribution in [3.8, 4) is 11.5 Å². The summed E-state index contributed by atoms with van der Waals surface area (Å²) < 4.78 is 10.7. The SMILES string of the molecule is CCc1ccc(Cc2cc(CCCl)ccc2OC(C)=O)c(OC(C)=O)c1. The van der Waals surface area contributed by atoms with Gasteiger partial charge in [-0.1, -0.05) is 31.2 Å². The lowest BCUT2D eigenvalue weighted by atomic mass is 9.98. The highest BCUT2D eigenvalue weighted by Gasteiger charge is 2.13. The molecule has 2 rings (SSSR count). The van der Waals surface area contributed by atoms with E-state index >= 15 is 0 Å². The van der Waals surface area contributed by atoms with Crippen LogP contribution in [-0.4, -0.2) is 17.8 Å². The molecule has 2 aromatic carbocycles. The van der Waals surface area contributed by atoms with E-state index in [1.54, 1.807) is 6.07 Å². The summed E-state index contributed by atoms with van der Waals surface area (Å²) in [5, 5.41) is 0. The van der Waals surface area contributed by atoms with Crippen molar-refractivity contribution in [1.29, 1.82) is 0 Å². The van der Waals surface area contributed by atoms with E-state index in [1.165, 1.54) is 13.8 Å². The van der Waals surface area contributed by atoms with Crippen LogP contribution in [0.25, 0.3) is 0 Å². The van der Waals surface area contributed by atoms with Gasteiger partial charge in [0, 0.05) is 26.1 Å². The van der Waals surface area contributed by atoms with E-state index in [1.807, 2.05) is 37.3 Å². The van der Waals surface area contributed by atoms with Gasteiger partial charge in [-0.15, -0.1) is 11.6 Å². The molecule has 5 heteroatoms. The van der Waals surface area contributed by atoms with Gasteiger partial charge in [0.25, 0.3) is 0 Å². The zero-order valence-corrected chi connectivity index (χ0v) is 16.1. The number of carbonyl (C=O) groups excluding carboxylic acids is 2. The van der Waals surface area contributed by atoms with Crippen LogP contribution >= 0.6 is 11.6 Å². The van der Waals surface area contributed by atoms with Gasteiger partial charge in [-0.3, -0.25) is 9.59 Å². The van der Waals surface area contributed by atoms with Crippen LogP contribution in [-0.2, 0) is 28.9 Å². The molecule has 138 valence electrons. The lowest BCUT2D eigenvalue weighted by Crippen LogP contribution is -2.07. The number of hydrogen-bond donors (Lipinski definition) is 0. The van der Waals surface area contributed by atoms with Gasteiger partial charge in [-0.05, 0) is 47.2 Å². The van der Waals surface area contributed by atoms with Crippen LogP contribution in [0.4, 0.5) is 0 Å². The molecule has 0 aliphatic rings. The highest BCUT2D eigenvalue weighted by atomic mass is 35.5. The molecular formula is C21H23ClO4. The standard InChI is InChI=1S/C21H23ClO4/c1-4-16-5-7-18(21(12-16)26-15(3)24)13-19-11-17(9-10-22)6-8-20(19)25-14(2)23/h5-8,11-12H,4,9-10,13H2,1-3H3. The van der Waals surface area contributed by atoms with Crippen molar-refractivity contribution in [3.05, 3.63) is 58.7 Å². The molecule has 0 saturated heterocycles. The first-order valence-corrected chi connectivity index (χ1v) is 9.12. The number of hydrogen-bond acceptors (Lipinski definition) is 4. The maximum atomic E-state index is 11.5. The van der Waals surface area contributed by atoms with Crippen LogP contribution in [0, 0.1) is 0 Å². The maximum absolute atomic E-state index is 11.5. The Balaban J connectivity index is 2.43. The van der Waals surface area contributed by atoms with Crippen LogP contribution in [0.5, 0.6) is 11.5 Å². The molecule has 26 heavy (non-hydrogen) atoms. The molecule has 0 N–H and O–H groups in total. The minimum Gasteiger partial charge on any atom is -0.426 e. The lowest BCUT2D eigenvalue weighted by Gasteiger charge is -2.14. The molecule has 0 amide bonds. The summed E-state index contributed by atoms with van der Waals surface area (Å²) in [5.74, 6) is 0.807. The van der Waals surface area contributed by atoms with Crippen molar-refractivity contribution in [2.75, 3.05) is 5.88 Å². The molecule has 4 nitrogen and oxygen atoms in total. The summed E-state index contributed by atoms with van der Waals surface area (Å²) in [6, 6.07) is 11.5. The Morgan fingerprint density at radius 2 is 1.54 bits per heavy atom. The Morgan fingerprint density at radius 3 is 2.15 bits per heavy atom. The molecule has 0 aliphatic heterocycles. The van der Waals surface area contributed by atoms with Gasteiger partial charge in [-0.2, -0.15) is 0 Å². The van der Waals surface area contributed by atoms with Gasteiger partial charge in [-0.25, -0.2) is 0 Å². The third kappa shape index (κ3) is 5.60. The Hall–Kier alpha value is -2.33. The first kappa shape index (κ1) is 20.0. The molecule has 0 bridgehead atoms. The molecule has 0 aliphatic carbocycles. The second-order valence-corrected chi connectivity index (χ2v) is 6.42. The molecule has 0 aromatic heterocycles. The van der Waals surface area contributed by atoms with Crippen molar-refractivity contribution in [3.63, 3.8) is 0 Å². The minimum atomic E-state index is -0.377. The second-order valence-electron chi connectivity index (χ2n) is 6.04. The summed E-state index contributed by atoms with van der Waals surface area (Å²) in [4.78, 5) is 22.9. The predicted octanol–water partition coefficient (Wildman–Crippen LogP) is 4.47. The summed E-state index contributed by atoms with van der Waals surface area (Å²) in [5.41, 5.74) is 3.85. The summed E-state index contributed by atoms with van der Waals surface area (Å²) in [6.07, 6.45) is 2.05. The van der Waals surface area contributed by atoms with E-state index in [-0.39, 0.29) is 11.9 Å². The third-order valence-electron chi connectivity index (χ3n) is 3.94.